The zero-order chi connectivity index (χ0) is 14.8. The van der Waals surface area contributed by atoms with E-state index in [4.69, 9.17) is 5.73 Å². The summed E-state index contributed by atoms with van der Waals surface area (Å²) in [5.41, 5.74) is 7.98. The van der Waals surface area contributed by atoms with Crippen LogP contribution in [-0.4, -0.2) is 10.5 Å². The number of para-hydroxylation sites is 1. The number of hydrogen-bond donors (Lipinski definition) is 2. The molecule has 3 rings (SSSR count). The van der Waals surface area contributed by atoms with Gasteiger partial charge in [-0.1, -0.05) is 12.1 Å². The Balaban J connectivity index is 1.79. The molecule has 0 saturated carbocycles. The molecule has 1 heterocycles. The predicted octanol–water partition coefficient (Wildman–Crippen LogP) is 3.00. The molecule has 0 atom stereocenters. The second-order valence-corrected chi connectivity index (χ2v) is 4.78. The van der Waals surface area contributed by atoms with Gasteiger partial charge in [-0.3, -0.25) is 4.79 Å². The molecule has 106 valence electrons. The summed E-state index contributed by atoms with van der Waals surface area (Å²) < 4.78 is 14.6. The Kier molecular flexibility index (Phi) is 3.31. The minimum atomic E-state index is -0.336. The monoisotopic (exact) mass is 283 g/mol. The molecule has 0 aliphatic carbocycles. The van der Waals surface area contributed by atoms with E-state index in [0.717, 1.165) is 10.9 Å². The number of nitrogens with zero attached hydrogens (tertiary/aromatic N) is 1. The number of amides is 1. The smallest absolute Gasteiger partial charge is 0.244 e. The van der Waals surface area contributed by atoms with E-state index in [2.05, 4.69) is 5.32 Å². The lowest BCUT2D eigenvalue weighted by atomic mass is 10.2. The van der Waals surface area contributed by atoms with Gasteiger partial charge in [0.25, 0.3) is 0 Å². The largest absolute Gasteiger partial charge is 0.397 e. The van der Waals surface area contributed by atoms with Crippen molar-refractivity contribution in [2.45, 2.75) is 6.54 Å². The number of anilines is 2. The van der Waals surface area contributed by atoms with Crippen molar-refractivity contribution in [2.24, 2.45) is 0 Å². The molecule has 3 aromatic rings. The number of fused-ring (bicyclic) bond motifs is 1. The number of carbonyl (C=O) groups excluding carboxylic acids is 1. The van der Waals surface area contributed by atoms with E-state index < -0.39 is 0 Å². The number of halogens is 1. The van der Waals surface area contributed by atoms with Gasteiger partial charge in [0.15, 0.2) is 0 Å². The summed E-state index contributed by atoms with van der Waals surface area (Å²) in [7, 11) is 0. The molecule has 1 aromatic heterocycles. The van der Waals surface area contributed by atoms with Crippen molar-refractivity contribution >= 4 is 28.2 Å². The van der Waals surface area contributed by atoms with Gasteiger partial charge in [-0.05, 0) is 36.4 Å². The Labute approximate surface area is 121 Å². The second-order valence-electron chi connectivity index (χ2n) is 4.78. The molecular weight excluding hydrogens is 269 g/mol. The number of benzene rings is 2. The van der Waals surface area contributed by atoms with Crippen molar-refractivity contribution in [3.63, 3.8) is 0 Å². The Hall–Kier alpha value is -2.82. The van der Waals surface area contributed by atoms with E-state index >= 15 is 0 Å². The molecule has 3 N–H and O–H groups in total. The number of hydrogen-bond acceptors (Lipinski definition) is 2. The maximum Gasteiger partial charge on any atom is 0.244 e. The van der Waals surface area contributed by atoms with Gasteiger partial charge in [0.2, 0.25) is 5.91 Å². The Morgan fingerprint density at radius 3 is 2.67 bits per heavy atom. The third kappa shape index (κ3) is 2.72. The number of aromatic nitrogens is 1. The van der Waals surface area contributed by atoms with E-state index in [1.807, 2.05) is 24.4 Å². The van der Waals surface area contributed by atoms with Crippen LogP contribution in [0.1, 0.15) is 0 Å². The first kappa shape index (κ1) is 13.2. The van der Waals surface area contributed by atoms with Crippen LogP contribution in [0.15, 0.2) is 54.7 Å². The van der Waals surface area contributed by atoms with E-state index in [0.29, 0.717) is 11.4 Å². The lowest BCUT2D eigenvalue weighted by Crippen LogP contribution is -2.18. The summed E-state index contributed by atoms with van der Waals surface area (Å²) in [5, 5.41) is 3.71. The standard InChI is InChI=1S/C16H14FN3O/c17-12-4-6-13(7-5-12)19-15(21)10-20-9-8-11-2-1-3-14(18)16(11)20/h1-9H,10,18H2,(H,19,21). The number of rotatable bonds is 3. The van der Waals surface area contributed by atoms with Crippen molar-refractivity contribution in [1.29, 1.82) is 0 Å². The van der Waals surface area contributed by atoms with Crippen molar-refractivity contribution in [1.82, 2.24) is 4.57 Å². The fourth-order valence-electron chi connectivity index (χ4n) is 2.31. The Bertz CT molecular complexity index is 793. The molecular formula is C16H14FN3O. The van der Waals surface area contributed by atoms with Crippen LogP contribution >= 0.6 is 0 Å². The number of carbonyl (C=O) groups is 1. The summed E-state index contributed by atoms with van der Waals surface area (Å²) in [4.78, 5) is 12.1. The van der Waals surface area contributed by atoms with Crippen LogP contribution < -0.4 is 11.1 Å². The van der Waals surface area contributed by atoms with E-state index in [1.165, 1.54) is 24.3 Å². The topological polar surface area (TPSA) is 60.0 Å². The van der Waals surface area contributed by atoms with Gasteiger partial charge in [0.1, 0.15) is 12.4 Å². The Morgan fingerprint density at radius 1 is 1.14 bits per heavy atom. The van der Waals surface area contributed by atoms with Crippen LogP contribution in [0, 0.1) is 5.82 Å². The summed E-state index contributed by atoms with van der Waals surface area (Å²) in [5.74, 6) is -0.528. The average molecular weight is 283 g/mol. The van der Waals surface area contributed by atoms with Gasteiger partial charge in [-0.15, -0.1) is 0 Å². The van der Waals surface area contributed by atoms with E-state index in [1.54, 1.807) is 10.6 Å². The second kappa shape index (κ2) is 5.28. The summed E-state index contributed by atoms with van der Waals surface area (Å²) in [6.07, 6.45) is 1.82. The molecule has 2 aromatic carbocycles. The number of nitrogens with two attached hydrogens (primary N) is 1. The minimum Gasteiger partial charge on any atom is -0.397 e. The van der Waals surface area contributed by atoms with Gasteiger partial charge in [-0.2, -0.15) is 0 Å². The van der Waals surface area contributed by atoms with Gasteiger partial charge in [0, 0.05) is 17.3 Å². The molecule has 5 heteroatoms. The van der Waals surface area contributed by atoms with Crippen molar-refractivity contribution in [3.05, 3.63) is 60.5 Å². The average Bonchev–Trinajstić information content (AvgIpc) is 2.86. The van der Waals surface area contributed by atoms with E-state index in [-0.39, 0.29) is 18.3 Å². The molecule has 1 amide bonds. The highest BCUT2D eigenvalue weighted by atomic mass is 19.1. The maximum absolute atomic E-state index is 12.8. The molecule has 0 unspecified atom stereocenters. The normalized spacial score (nSPS) is 10.7. The molecule has 0 fully saturated rings. The number of nitrogen functional groups attached to an aromatic ring is 1. The fraction of sp³-hybridized carbons (Fsp3) is 0.0625. The first-order valence-electron chi connectivity index (χ1n) is 6.52. The van der Waals surface area contributed by atoms with Crippen molar-refractivity contribution in [3.8, 4) is 0 Å². The van der Waals surface area contributed by atoms with Crippen LogP contribution in [0.25, 0.3) is 10.9 Å². The molecule has 0 spiro atoms. The van der Waals surface area contributed by atoms with Crippen LogP contribution in [0.5, 0.6) is 0 Å². The molecule has 0 radical (unpaired) electrons. The lowest BCUT2D eigenvalue weighted by Gasteiger charge is -2.08. The maximum atomic E-state index is 12.8. The highest BCUT2D eigenvalue weighted by Crippen LogP contribution is 2.22. The van der Waals surface area contributed by atoms with Gasteiger partial charge >= 0.3 is 0 Å². The van der Waals surface area contributed by atoms with Crippen LogP contribution in [0.3, 0.4) is 0 Å². The SMILES string of the molecule is Nc1cccc2ccn(CC(=O)Nc3ccc(F)cc3)c12. The van der Waals surface area contributed by atoms with E-state index in [9.17, 15) is 9.18 Å². The quantitative estimate of drug-likeness (QED) is 0.726. The minimum absolute atomic E-state index is 0.148. The van der Waals surface area contributed by atoms with Crippen LogP contribution in [0.4, 0.5) is 15.8 Å². The third-order valence-corrected chi connectivity index (χ3v) is 3.26. The third-order valence-electron chi connectivity index (χ3n) is 3.26. The molecule has 0 aliphatic heterocycles. The van der Waals surface area contributed by atoms with Crippen molar-refractivity contribution in [2.75, 3.05) is 11.1 Å². The highest BCUT2D eigenvalue weighted by molar-refractivity contribution is 5.94. The Morgan fingerprint density at radius 2 is 1.90 bits per heavy atom. The summed E-state index contributed by atoms with van der Waals surface area (Å²) in [6, 6.07) is 13.2. The number of nitrogens with one attached hydrogen (secondary N) is 1. The first-order valence-corrected chi connectivity index (χ1v) is 6.52. The highest BCUT2D eigenvalue weighted by Gasteiger charge is 2.08. The lowest BCUT2D eigenvalue weighted by molar-refractivity contribution is -0.116. The van der Waals surface area contributed by atoms with Crippen LogP contribution in [-0.2, 0) is 11.3 Å². The fourth-order valence-corrected chi connectivity index (χ4v) is 2.31. The predicted molar refractivity (Wildman–Crippen MR) is 81.4 cm³/mol. The molecule has 0 bridgehead atoms. The van der Waals surface area contributed by atoms with Crippen molar-refractivity contribution < 1.29 is 9.18 Å². The molecule has 0 saturated heterocycles. The first-order chi connectivity index (χ1) is 10.1. The molecule has 0 aliphatic rings. The van der Waals surface area contributed by atoms with Gasteiger partial charge < -0.3 is 15.6 Å². The van der Waals surface area contributed by atoms with Gasteiger partial charge in [-0.25, -0.2) is 4.39 Å². The molecule has 4 nitrogen and oxygen atoms in total. The van der Waals surface area contributed by atoms with Crippen LogP contribution in [0.2, 0.25) is 0 Å². The summed E-state index contributed by atoms with van der Waals surface area (Å²) in [6.45, 7) is 0.148. The summed E-state index contributed by atoms with van der Waals surface area (Å²) >= 11 is 0. The zero-order valence-corrected chi connectivity index (χ0v) is 11.2. The molecule has 21 heavy (non-hydrogen) atoms. The zero-order valence-electron chi connectivity index (χ0n) is 11.2. The van der Waals surface area contributed by atoms with Gasteiger partial charge in [0.05, 0.1) is 11.2 Å².